The Morgan fingerprint density at radius 3 is 2.31 bits per heavy atom. The molecule has 0 radical (unpaired) electrons. The first-order valence-electron chi connectivity index (χ1n) is 12.9. The summed E-state index contributed by atoms with van der Waals surface area (Å²) in [6, 6.07) is 6.18. The van der Waals surface area contributed by atoms with E-state index in [9.17, 15) is 10.0 Å². The van der Waals surface area contributed by atoms with E-state index in [-0.39, 0.29) is 10.9 Å². The molecule has 2 saturated carbocycles. The van der Waals surface area contributed by atoms with Gasteiger partial charge in [-0.1, -0.05) is 25.0 Å². The highest BCUT2D eigenvalue weighted by Crippen LogP contribution is 2.50. The second-order valence-electron chi connectivity index (χ2n) is 10.3. The highest BCUT2D eigenvalue weighted by Gasteiger charge is 2.65. The minimum Gasteiger partial charge on any atom is -0.733 e. The summed E-state index contributed by atoms with van der Waals surface area (Å²) in [7, 11) is 0. The molecular weight excluding hydrogens is 470 g/mol. The number of benzene rings is 1. The van der Waals surface area contributed by atoms with E-state index in [2.05, 4.69) is 10.5 Å². The molecule has 0 bridgehead atoms. The van der Waals surface area contributed by atoms with Crippen molar-refractivity contribution in [3.8, 4) is 0 Å². The molecule has 11 nitrogen and oxygen atoms in total. The van der Waals surface area contributed by atoms with Crippen molar-refractivity contribution < 1.29 is 33.7 Å². The SMILES string of the molecule is O=C(N/N=C/c1cccc(N([O-])O)c1)[C@H]1O[C@@H]2OC3(CCCCC3)O[C@@H]2[C@H]2OC3(CCCCC3)O[C@H]21. The predicted octanol–water partition coefficient (Wildman–Crippen LogP) is 3.08. The Kier molecular flexibility index (Phi) is 6.49. The number of carbonyl (C=O) groups is 1. The van der Waals surface area contributed by atoms with Crippen molar-refractivity contribution in [1.82, 2.24) is 5.43 Å². The van der Waals surface area contributed by atoms with E-state index in [0.717, 1.165) is 64.2 Å². The normalized spacial score (nSPS) is 34.6. The van der Waals surface area contributed by atoms with Gasteiger partial charge in [-0.15, -0.1) is 0 Å². The molecule has 0 unspecified atom stereocenters. The number of amides is 1. The highest BCUT2D eigenvalue weighted by molar-refractivity contribution is 5.85. The Morgan fingerprint density at radius 1 is 0.972 bits per heavy atom. The van der Waals surface area contributed by atoms with Crippen LogP contribution in [-0.4, -0.2) is 59.6 Å². The van der Waals surface area contributed by atoms with E-state index < -0.39 is 48.2 Å². The zero-order valence-corrected chi connectivity index (χ0v) is 20.0. The number of nitrogens with one attached hydrogen (secondary N) is 1. The molecule has 1 amide bonds. The Bertz CT molecular complexity index is 991. The van der Waals surface area contributed by atoms with E-state index in [4.69, 9.17) is 28.9 Å². The third-order valence-corrected chi connectivity index (χ3v) is 7.85. The zero-order valence-electron chi connectivity index (χ0n) is 20.0. The topological polar surface area (TPSA) is 134 Å². The van der Waals surface area contributed by atoms with Crippen LogP contribution in [0.5, 0.6) is 0 Å². The number of ether oxygens (including phenoxy) is 5. The molecule has 3 saturated heterocycles. The Hall–Kier alpha value is -2.12. The summed E-state index contributed by atoms with van der Waals surface area (Å²) < 4.78 is 32.0. The van der Waals surface area contributed by atoms with Crippen LogP contribution in [0.15, 0.2) is 29.4 Å². The van der Waals surface area contributed by atoms with E-state index in [1.165, 1.54) is 18.3 Å². The maximum atomic E-state index is 13.3. The molecule has 5 aliphatic rings. The van der Waals surface area contributed by atoms with Crippen molar-refractivity contribution in [2.45, 2.75) is 106 Å². The van der Waals surface area contributed by atoms with Gasteiger partial charge in [-0.25, -0.2) is 5.43 Å². The van der Waals surface area contributed by atoms with E-state index in [0.29, 0.717) is 5.56 Å². The summed E-state index contributed by atoms with van der Waals surface area (Å²) in [4.78, 5) is 13.3. The minimum atomic E-state index is -0.988. The van der Waals surface area contributed by atoms with Gasteiger partial charge in [0.1, 0.15) is 18.3 Å². The lowest BCUT2D eigenvalue weighted by atomic mass is 9.94. The van der Waals surface area contributed by atoms with Crippen LogP contribution in [0.3, 0.4) is 0 Å². The maximum absolute atomic E-state index is 13.3. The first-order valence-corrected chi connectivity index (χ1v) is 12.9. The molecule has 36 heavy (non-hydrogen) atoms. The van der Waals surface area contributed by atoms with Crippen molar-refractivity contribution in [3.63, 3.8) is 0 Å². The molecule has 5 fully saturated rings. The van der Waals surface area contributed by atoms with E-state index >= 15 is 0 Å². The number of hydrogen-bond acceptors (Lipinski definition) is 10. The van der Waals surface area contributed by atoms with Gasteiger partial charge < -0.3 is 34.1 Å². The Morgan fingerprint density at radius 2 is 1.61 bits per heavy atom. The van der Waals surface area contributed by atoms with Crippen LogP contribution in [0.1, 0.15) is 69.8 Å². The fourth-order valence-electron chi connectivity index (χ4n) is 6.13. The Balaban J connectivity index is 1.20. The lowest BCUT2D eigenvalue weighted by molar-refractivity contribution is -0.247. The molecule has 11 heteroatoms. The van der Waals surface area contributed by atoms with Crippen molar-refractivity contribution in [2.75, 3.05) is 5.23 Å². The van der Waals surface area contributed by atoms with Gasteiger partial charge in [-0.3, -0.25) is 10.0 Å². The third-order valence-electron chi connectivity index (χ3n) is 7.85. The molecule has 3 heterocycles. The number of rotatable bonds is 4. The number of nitrogens with zero attached hydrogens (tertiary/aromatic N) is 2. The number of hydrazone groups is 1. The summed E-state index contributed by atoms with van der Waals surface area (Å²) in [6.45, 7) is 0. The second kappa shape index (κ2) is 9.64. The molecule has 2 N–H and O–H groups in total. The minimum absolute atomic E-state index is 0.0547. The summed E-state index contributed by atoms with van der Waals surface area (Å²) in [6.07, 6.45) is 7.55. The van der Waals surface area contributed by atoms with Gasteiger partial charge in [0.05, 0.1) is 11.9 Å². The molecular formula is C25H32N3O8-. The fraction of sp³-hybridized carbons (Fsp3) is 0.680. The van der Waals surface area contributed by atoms with Gasteiger partial charge in [-0.2, -0.15) is 5.10 Å². The summed E-state index contributed by atoms with van der Waals surface area (Å²) in [5.41, 5.74) is 3.10. The highest BCUT2D eigenvalue weighted by atomic mass is 16.9. The van der Waals surface area contributed by atoms with Crippen LogP contribution < -0.4 is 10.7 Å². The van der Waals surface area contributed by atoms with Gasteiger partial charge in [0.2, 0.25) is 0 Å². The van der Waals surface area contributed by atoms with E-state index in [1.807, 2.05) is 0 Å². The average Bonchev–Trinajstić information content (AvgIpc) is 3.42. The number of fused-ring (bicyclic) bond motifs is 3. The van der Waals surface area contributed by atoms with E-state index in [1.54, 1.807) is 12.1 Å². The first-order chi connectivity index (χ1) is 17.5. The Labute approximate surface area is 209 Å². The second-order valence-corrected chi connectivity index (χ2v) is 10.3. The maximum Gasteiger partial charge on any atom is 0.272 e. The lowest BCUT2D eigenvalue weighted by Crippen LogP contribution is -2.59. The monoisotopic (exact) mass is 502 g/mol. The van der Waals surface area contributed by atoms with Crippen molar-refractivity contribution >= 4 is 17.8 Å². The predicted molar refractivity (Wildman–Crippen MR) is 126 cm³/mol. The van der Waals surface area contributed by atoms with Crippen LogP contribution in [-0.2, 0) is 28.5 Å². The number of anilines is 1. The van der Waals surface area contributed by atoms with Crippen LogP contribution >= 0.6 is 0 Å². The van der Waals surface area contributed by atoms with Crippen molar-refractivity contribution in [2.24, 2.45) is 5.10 Å². The standard InChI is InChI=1S/C25H32N3O8/c29-22(27-26-15-16-8-7-9-17(14-16)28(30)31)20-18-19(34-24(33-18)10-3-1-4-11-24)21-23(32-20)36-25(35-21)12-5-2-6-13-25/h7-9,14-15,18-21,23,30H,1-6,10-13H2,(H,27,29)/q-1/b26-15+/t18-,19+,20+,21-,23-/m1/s1. The largest absolute Gasteiger partial charge is 0.733 e. The molecule has 2 aliphatic carbocycles. The summed E-state index contributed by atoms with van der Waals surface area (Å²) >= 11 is 0. The van der Waals surface area contributed by atoms with Gasteiger partial charge in [0.15, 0.2) is 24.0 Å². The first kappa shape index (κ1) is 24.2. The van der Waals surface area contributed by atoms with Crippen LogP contribution in [0, 0.1) is 5.21 Å². The zero-order chi connectivity index (χ0) is 24.8. The van der Waals surface area contributed by atoms with Gasteiger partial charge >= 0.3 is 0 Å². The van der Waals surface area contributed by atoms with Crippen LogP contribution in [0.2, 0.25) is 0 Å². The van der Waals surface area contributed by atoms with Gasteiger partial charge in [-0.05, 0) is 43.4 Å². The smallest absolute Gasteiger partial charge is 0.272 e. The van der Waals surface area contributed by atoms with Gasteiger partial charge in [0.25, 0.3) is 5.91 Å². The van der Waals surface area contributed by atoms with Crippen molar-refractivity contribution in [3.05, 3.63) is 35.0 Å². The molecule has 1 aromatic carbocycles. The molecule has 0 aromatic heterocycles. The summed E-state index contributed by atoms with van der Waals surface area (Å²) in [5, 5.41) is 24.0. The number of carbonyl (C=O) groups excluding carboxylic acids is 1. The quantitative estimate of drug-likeness (QED) is 0.470. The fourth-order valence-corrected chi connectivity index (χ4v) is 6.13. The van der Waals surface area contributed by atoms with Crippen LogP contribution in [0.4, 0.5) is 5.69 Å². The lowest BCUT2D eigenvalue weighted by Gasteiger charge is -2.36. The number of hydrogen-bond donors (Lipinski definition) is 2. The molecule has 196 valence electrons. The molecule has 6 rings (SSSR count). The third kappa shape index (κ3) is 4.53. The summed E-state index contributed by atoms with van der Waals surface area (Å²) in [5.74, 6) is -1.90. The van der Waals surface area contributed by atoms with Crippen molar-refractivity contribution in [1.29, 1.82) is 0 Å². The molecule has 3 aliphatic heterocycles. The molecule has 5 atom stereocenters. The average molecular weight is 503 g/mol. The molecule has 2 spiro atoms. The molecule has 1 aromatic rings. The van der Waals surface area contributed by atoms with Gasteiger partial charge in [0, 0.05) is 25.7 Å². The van der Waals surface area contributed by atoms with Crippen LogP contribution in [0.25, 0.3) is 0 Å².